The van der Waals surface area contributed by atoms with Gasteiger partial charge in [0.1, 0.15) is 18.2 Å². The Morgan fingerprint density at radius 2 is 2.00 bits per heavy atom. The molecule has 0 atom stereocenters. The number of aromatic nitrogens is 2. The number of ketones is 1. The highest BCUT2D eigenvalue weighted by molar-refractivity contribution is 6.06. The van der Waals surface area contributed by atoms with Gasteiger partial charge in [0.15, 0.2) is 17.3 Å². The maximum Gasteiger partial charge on any atom is 0.185 e. The normalized spacial score (nSPS) is 10.9. The number of hydrogen-bond donors (Lipinski definition) is 1. The lowest BCUT2D eigenvalue weighted by atomic mass is 10.1. The van der Waals surface area contributed by atoms with E-state index >= 15 is 0 Å². The van der Waals surface area contributed by atoms with Crippen LogP contribution in [0.4, 0.5) is 0 Å². The van der Waals surface area contributed by atoms with Crippen LogP contribution in [0, 0.1) is 0 Å². The fourth-order valence-electron chi connectivity index (χ4n) is 2.48. The third-order valence-electron chi connectivity index (χ3n) is 4.06. The Balaban J connectivity index is 1.61. The minimum absolute atomic E-state index is 0.0290. The highest BCUT2D eigenvalue weighted by Gasteiger charge is 2.05. The number of aryl methyl sites for hydroxylation is 1. The Morgan fingerprint density at radius 3 is 2.63 bits per heavy atom. The van der Waals surface area contributed by atoms with Gasteiger partial charge in [0.2, 0.25) is 0 Å². The van der Waals surface area contributed by atoms with Crippen LogP contribution in [0.1, 0.15) is 21.7 Å². The van der Waals surface area contributed by atoms with Crippen molar-refractivity contribution in [2.75, 3.05) is 7.11 Å². The molecule has 2 aromatic carbocycles. The molecule has 3 aromatic rings. The molecule has 0 bridgehead atoms. The summed E-state index contributed by atoms with van der Waals surface area (Å²) in [6.45, 7) is 0.359. The van der Waals surface area contributed by atoms with E-state index in [4.69, 9.17) is 9.47 Å². The molecule has 0 aliphatic rings. The average Bonchev–Trinajstić information content (AvgIpc) is 3.10. The first kappa shape index (κ1) is 18.3. The van der Waals surface area contributed by atoms with Crippen molar-refractivity contribution in [3.8, 4) is 17.2 Å². The average molecular weight is 364 g/mol. The standard InChI is InChI=1S/C21H20N2O4/c1-23-12-11-22-21(23)14-27-17-7-5-16(6-8-17)18(24)9-3-15-4-10-20(26-2)19(25)13-15/h3-13,25H,14H2,1-2H3. The first-order chi connectivity index (χ1) is 13.1. The number of carbonyl (C=O) groups is 1. The number of methoxy groups -OCH3 is 1. The molecular weight excluding hydrogens is 344 g/mol. The Kier molecular flexibility index (Phi) is 5.56. The third kappa shape index (κ3) is 4.55. The number of hydrogen-bond acceptors (Lipinski definition) is 5. The fraction of sp³-hybridized carbons (Fsp3) is 0.143. The first-order valence-corrected chi connectivity index (χ1v) is 8.35. The van der Waals surface area contributed by atoms with Gasteiger partial charge in [-0.1, -0.05) is 12.1 Å². The van der Waals surface area contributed by atoms with E-state index < -0.39 is 0 Å². The molecule has 1 N–H and O–H groups in total. The van der Waals surface area contributed by atoms with Crippen LogP contribution in [-0.2, 0) is 13.7 Å². The van der Waals surface area contributed by atoms with Gasteiger partial charge in [-0.15, -0.1) is 0 Å². The van der Waals surface area contributed by atoms with Crippen LogP contribution < -0.4 is 9.47 Å². The number of phenols is 1. The lowest BCUT2D eigenvalue weighted by Gasteiger charge is -2.06. The topological polar surface area (TPSA) is 73.6 Å². The van der Waals surface area contributed by atoms with Gasteiger partial charge in [0, 0.05) is 25.0 Å². The summed E-state index contributed by atoms with van der Waals surface area (Å²) in [6, 6.07) is 11.9. The third-order valence-corrected chi connectivity index (χ3v) is 4.06. The van der Waals surface area contributed by atoms with Crippen molar-refractivity contribution in [3.05, 3.63) is 77.9 Å². The van der Waals surface area contributed by atoms with Crippen molar-refractivity contribution in [2.45, 2.75) is 6.61 Å². The van der Waals surface area contributed by atoms with E-state index in [9.17, 15) is 9.90 Å². The number of imidazole rings is 1. The summed E-state index contributed by atoms with van der Waals surface area (Å²) in [5.74, 6) is 1.77. The summed E-state index contributed by atoms with van der Waals surface area (Å²) in [5, 5.41) is 9.78. The molecule has 6 nitrogen and oxygen atoms in total. The van der Waals surface area contributed by atoms with E-state index in [0.29, 0.717) is 29.2 Å². The maximum atomic E-state index is 12.3. The minimum Gasteiger partial charge on any atom is -0.504 e. The molecule has 0 unspecified atom stereocenters. The second-order valence-corrected chi connectivity index (χ2v) is 5.90. The number of allylic oxidation sites excluding steroid dienone is 1. The quantitative estimate of drug-likeness (QED) is 0.512. The smallest absolute Gasteiger partial charge is 0.185 e. The highest BCUT2D eigenvalue weighted by atomic mass is 16.5. The van der Waals surface area contributed by atoms with Crippen LogP contribution in [-0.4, -0.2) is 27.6 Å². The van der Waals surface area contributed by atoms with Gasteiger partial charge < -0.3 is 19.1 Å². The lowest BCUT2D eigenvalue weighted by Crippen LogP contribution is -2.03. The molecule has 0 saturated carbocycles. The summed E-state index contributed by atoms with van der Waals surface area (Å²) in [4.78, 5) is 16.5. The summed E-state index contributed by atoms with van der Waals surface area (Å²) < 4.78 is 12.6. The Hall–Kier alpha value is -3.54. The van der Waals surface area contributed by atoms with E-state index in [-0.39, 0.29) is 11.5 Å². The molecule has 1 aromatic heterocycles. The van der Waals surface area contributed by atoms with Crippen LogP contribution in [0.3, 0.4) is 0 Å². The summed E-state index contributed by atoms with van der Waals surface area (Å²) in [6.07, 6.45) is 6.68. The van der Waals surface area contributed by atoms with Gasteiger partial charge in [0.05, 0.1) is 7.11 Å². The number of aromatic hydroxyl groups is 1. The van der Waals surface area contributed by atoms with Crippen molar-refractivity contribution in [3.63, 3.8) is 0 Å². The Morgan fingerprint density at radius 1 is 1.22 bits per heavy atom. The Bertz CT molecular complexity index is 959. The number of ether oxygens (including phenoxy) is 2. The number of nitrogens with zero attached hydrogens (tertiary/aromatic N) is 2. The summed E-state index contributed by atoms with van der Waals surface area (Å²) >= 11 is 0. The van der Waals surface area contributed by atoms with Gasteiger partial charge in [0.25, 0.3) is 0 Å². The van der Waals surface area contributed by atoms with Crippen molar-refractivity contribution in [1.29, 1.82) is 0 Å². The zero-order chi connectivity index (χ0) is 19.2. The van der Waals surface area contributed by atoms with Gasteiger partial charge in [-0.25, -0.2) is 4.98 Å². The molecule has 3 rings (SSSR count). The largest absolute Gasteiger partial charge is 0.504 e. The first-order valence-electron chi connectivity index (χ1n) is 8.35. The Labute approximate surface area is 157 Å². The SMILES string of the molecule is COc1ccc(C=CC(=O)c2ccc(OCc3nccn3C)cc2)cc1O. The zero-order valence-corrected chi connectivity index (χ0v) is 15.1. The molecular formula is C21H20N2O4. The highest BCUT2D eigenvalue weighted by Crippen LogP contribution is 2.26. The van der Waals surface area contributed by atoms with E-state index in [1.807, 2.05) is 17.8 Å². The van der Waals surface area contributed by atoms with Gasteiger partial charge >= 0.3 is 0 Å². The number of rotatable bonds is 7. The van der Waals surface area contributed by atoms with Gasteiger partial charge in [-0.2, -0.15) is 0 Å². The van der Waals surface area contributed by atoms with Crippen LogP contribution in [0.25, 0.3) is 6.08 Å². The van der Waals surface area contributed by atoms with Crippen LogP contribution >= 0.6 is 0 Å². The minimum atomic E-state index is -0.138. The number of phenolic OH excluding ortho intramolecular Hbond substituents is 1. The van der Waals surface area contributed by atoms with Gasteiger partial charge in [-0.05, 0) is 48.0 Å². The van der Waals surface area contributed by atoms with Crippen molar-refractivity contribution in [1.82, 2.24) is 9.55 Å². The molecule has 0 fully saturated rings. The zero-order valence-electron chi connectivity index (χ0n) is 15.1. The maximum absolute atomic E-state index is 12.3. The predicted octanol–water partition coefficient (Wildman–Crippen LogP) is 3.61. The van der Waals surface area contributed by atoms with Crippen molar-refractivity contribution in [2.24, 2.45) is 7.05 Å². The lowest BCUT2D eigenvalue weighted by molar-refractivity contribution is 0.104. The van der Waals surface area contributed by atoms with E-state index in [0.717, 1.165) is 5.82 Å². The monoisotopic (exact) mass is 364 g/mol. The van der Waals surface area contributed by atoms with Crippen LogP contribution in [0.5, 0.6) is 17.2 Å². The molecule has 0 spiro atoms. The van der Waals surface area contributed by atoms with Crippen molar-refractivity contribution < 1.29 is 19.4 Å². The number of carbonyl (C=O) groups excluding carboxylic acids is 1. The van der Waals surface area contributed by atoms with E-state index in [2.05, 4.69) is 4.98 Å². The van der Waals surface area contributed by atoms with Crippen LogP contribution in [0.2, 0.25) is 0 Å². The second kappa shape index (κ2) is 8.23. The molecule has 0 saturated heterocycles. The molecule has 27 heavy (non-hydrogen) atoms. The van der Waals surface area contributed by atoms with E-state index in [1.165, 1.54) is 19.3 Å². The number of benzene rings is 2. The second-order valence-electron chi connectivity index (χ2n) is 5.90. The van der Waals surface area contributed by atoms with E-state index in [1.54, 1.807) is 48.7 Å². The molecule has 0 aliphatic heterocycles. The summed E-state index contributed by atoms with van der Waals surface area (Å²) in [7, 11) is 3.39. The van der Waals surface area contributed by atoms with Crippen LogP contribution in [0.15, 0.2) is 60.9 Å². The molecule has 0 amide bonds. The molecule has 0 aliphatic carbocycles. The molecule has 1 heterocycles. The summed E-state index contributed by atoms with van der Waals surface area (Å²) in [5.41, 5.74) is 1.25. The molecule has 6 heteroatoms. The van der Waals surface area contributed by atoms with Gasteiger partial charge in [-0.3, -0.25) is 4.79 Å². The molecule has 0 radical (unpaired) electrons. The van der Waals surface area contributed by atoms with Crippen molar-refractivity contribution >= 4 is 11.9 Å². The molecule has 138 valence electrons. The predicted molar refractivity (Wildman–Crippen MR) is 102 cm³/mol. The fourth-order valence-corrected chi connectivity index (χ4v) is 2.48.